The Morgan fingerprint density at radius 1 is 1.04 bits per heavy atom. The van der Waals surface area contributed by atoms with Gasteiger partial charge in [-0.2, -0.15) is 9.78 Å². The van der Waals surface area contributed by atoms with Gasteiger partial charge in [-0.3, -0.25) is 4.79 Å². The average molecular weight is 373 g/mol. The molecule has 2 aromatic carbocycles. The molecular formula is C22H19N3O3. The third kappa shape index (κ3) is 2.89. The molecule has 0 aliphatic carbocycles. The molecule has 140 valence electrons. The first kappa shape index (κ1) is 17.7. The number of aromatic nitrogens is 3. The molecule has 0 atom stereocenters. The third-order valence-electron chi connectivity index (χ3n) is 4.73. The topological polar surface area (TPSA) is 66.1 Å². The van der Waals surface area contributed by atoms with Gasteiger partial charge in [0.1, 0.15) is 11.3 Å². The summed E-state index contributed by atoms with van der Waals surface area (Å²) in [6.45, 7) is 2.06. The van der Waals surface area contributed by atoms with Crippen molar-refractivity contribution in [3.8, 4) is 22.6 Å². The number of nitrogens with zero attached hydrogens (tertiary/aromatic N) is 3. The van der Waals surface area contributed by atoms with Crippen LogP contribution >= 0.6 is 0 Å². The van der Waals surface area contributed by atoms with Crippen molar-refractivity contribution >= 4 is 5.97 Å². The molecule has 0 radical (unpaired) electrons. The van der Waals surface area contributed by atoms with Crippen molar-refractivity contribution in [1.82, 2.24) is 14.3 Å². The van der Waals surface area contributed by atoms with E-state index in [4.69, 9.17) is 4.74 Å². The first-order chi connectivity index (χ1) is 13.6. The van der Waals surface area contributed by atoms with Crippen molar-refractivity contribution in [1.29, 1.82) is 0 Å². The van der Waals surface area contributed by atoms with Crippen LogP contribution in [0.3, 0.4) is 0 Å². The molecule has 28 heavy (non-hydrogen) atoms. The Labute approximate surface area is 162 Å². The van der Waals surface area contributed by atoms with Gasteiger partial charge in [0.2, 0.25) is 0 Å². The number of para-hydroxylation sites is 2. The summed E-state index contributed by atoms with van der Waals surface area (Å²) < 4.78 is 8.05. The summed E-state index contributed by atoms with van der Waals surface area (Å²) in [7, 11) is 1.32. The van der Waals surface area contributed by atoms with Crippen LogP contribution in [-0.2, 0) is 11.2 Å². The molecule has 0 saturated carbocycles. The van der Waals surface area contributed by atoms with Gasteiger partial charge in [-0.1, -0.05) is 43.3 Å². The van der Waals surface area contributed by atoms with Gasteiger partial charge in [-0.15, -0.1) is 0 Å². The van der Waals surface area contributed by atoms with Crippen LogP contribution in [0.1, 0.15) is 22.8 Å². The molecule has 2 heterocycles. The van der Waals surface area contributed by atoms with Crippen LogP contribution in [0.5, 0.6) is 0 Å². The van der Waals surface area contributed by atoms with Crippen molar-refractivity contribution in [2.24, 2.45) is 0 Å². The predicted molar refractivity (Wildman–Crippen MR) is 107 cm³/mol. The van der Waals surface area contributed by atoms with E-state index in [0.29, 0.717) is 16.9 Å². The summed E-state index contributed by atoms with van der Waals surface area (Å²) in [6.07, 6.45) is 4.22. The second-order valence-corrected chi connectivity index (χ2v) is 6.37. The summed E-state index contributed by atoms with van der Waals surface area (Å²) in [4.78, 5) is 25.5. The molecule has 4 rings (SSSR count). The molecule has 0 fully saturated rings. The standard InChI is InChI=1S/C22H19N3O3/c1-3-15-9-7-8-12-19(15)24-13-17-20(18(14-24)22(27)28-2)23-25(21(17)26)16-10-5-4-6-11-16/h4-14H,3H2,1-2H3. The van der Waals surface area contributed by atoms with E-state index in [1.54, 1.807) is 29.1 Å². The highest BCUT2D eigenvalue weighted by atomic mass is 16.5. The highest BCUT2D eigenvalue weighted by Crippen LogP contribution is 2.26. The Bertz CT molecular complexity index is 1180. The largest absolute Gasteiger partial charge is 0.465 e. The quantitative estimate of drug-likeness (QED) is 0.514. The zero-order valence-corrected chi connectivity index (χ0v) is 15.6. The van der Waals surface area contributed by atoms with Gasteiger partial charge in [-0.05, 0) is 30.2 Å². The minimum atomic E-state index is -0.536. The third-order valence-corrected chi connectivity index (χ3v) is 4.73. The van der Waals surface area contributed by atoms with Crippen molar-refractivity contribution in [2.75, 3.05) is 7.11 Å². The Morgan fingerprint density at radius 3 is 2.46 bits per heavy atom. The van der Waals surface area contributed by atoms with Crippen LogP contribution in [-0.4, -0.2) is 27.4 Å². The van der Waals surface area contributed by atoms with Crippen LogP contribution in [0.15, 0.2) is 71.8 Å². The van der Waals surface area contributed by atoms with Gasteiger partial charge in [0, 0.05) is 18.1 Å². The maximum absolute atomic E-state index is 13.1. The van der Waals surface area contributed by atoms with E-state index in [1.807, 2.05) is 42.5 Å². The summed E-state index contributed by atoms with van der Waals surface area (Å²) in [5, 5.41) is 4.42. The van der Waals surface area contributed by atoms with E-state index in [9.17, 15) is 9.59 Å². The van der Waals surface area contributed by atoms with Gasteiger partial charge in [0.25, 0.3) is 5.56 Å². The molecule has 0 spiro atoms. The fourth-order valence-corrected chi connectivity index (χ4v) is 3.31. The Hall–Kier alpha value is -3.67. The number of hydrogen-bond acceptors (Lipinski definition) is 4. The SMILES string of the molecule is CCc1ccccc1-n1cc(C(=O)OC)c2nn(-c3ccccc3)c(=O)c-2c1. The van der Waals surface area contributed by atoms with E-state index in [0.717, 1.165) is 17.7 Å². The summed E-state index contributed by atoms with van der Waals surface area (Å²) in [5.74, 6) is -0.536. The summed E-state index contributed by atoms with van der Waals surface area (Å²) in [6, 6.07) is 17.0. The molecule has 6 heteroatoms. The lowest BCUT2D eigenvalue weighted by Crippen LogP contribution is -2.15. The monoisotopic (exact) mass is 373 g/mol. The van der Waals surface area contributed by atoms with E-state index < -0.39 is 5.97 Å². The van der Waals surface area contributed by atoms with E-state index >= 15 is 0 Å². The number of methoxy groups -OCH3 is 1. The van der Waals surface area contributed by atoms with Crippen LogP contribution in [0.25, 0.3) is 22.6 Å². The normalized spacial score (nSPS) is 10.9. The van der Waals surface area contributed by atoms with Crippen molar-refractivity contribution in [3.05, 3.63) is 88.5 Å². The fraction of sp³-hybridized carbons (Fsp3) is 0.136. The molecule has 2 aromatic rings. The van der Waals surface area contributed by atoms with Crippen LogP contribution in [0, 0.1) is 0 Å². The molecule has 0 N–H and O–H groups in total. The number of pyridine rings is 1. The number of fused-ring (bicyclic) bond motifs is 1. The highest BCUT2D eigenvalue weighted by Gasteiger charge is 2.25. The first-order valence-corrected chi connectivity index (χ1v) is 9.01. The number of rotatable bonds is 4. The molecule has 0 aromatic heterocycles. The van der Waals surface area contributed by atoms with E-state index in [1.165, 1.54) is 11.8 Å². The second-order valence-electron chi connectivity index (χ2n) is 6.37. The zero-order chi connectivity index (χ0) is 19.7. The molecule has 0 saturated heterocycles. The lowest BCUT2D eigenvalue weighted by Gasteiger charge is -2.14. The van der Waals surface area contributed by atoms with Crippen LogP contribution < -0.4 is 5.56 Å². The Morgan fingerprint density at radius 2 is 1.75 bits per heavy atom. The highest BCUT2D eigenvalue weighted by molar-refractivity contribution is 5.96. The summed E-state index contributed by atoms with van der Waals surface area (Å²) >= 11 is 0. The predicted octanol–water partition coefficient (Wildman–Crippen LogP) is 3.48. The van der Waals surface area contributed by atoms with E-state index in [2.05, 4.69) is 12.0 Å². The van der Waals surface area contributed by atoms with Gasteiger partial charge in [-0.25, -0.2) is 4.79 Å². The van der Waals surface area contributed by atoms with E-state index in [-0.39, 0.29) is 11.1 Å². The first-order valence-electron chi connectivity index (χ1n) is 9.01. The number of hydrogen-bond donors (Lipinski definition) is 0. The molecular weight excluding hydrogens is 354 g/mol. The number of esters is 1. The molecule has 6 nitrogen and oxygen atoms in total. The lowest BCUT2D eigenvalue weighted by molar-refractivity contribution is 0.0600. The maximum atomic E-state index is 13.1. The van der Waals surface area contributed by atoms with Crippen LogP contribution in [0.2, 0.25) is 0 Å². The van der Waals surface area contributed by atoms with Gasteiger partial charge in [0.05, 0.1) is 18.4 Å². The molecule has 2 aliphatic heterocycles. The molecule has 2 aliphatic rings. The lowest BCUT2D eigenvalue weighted by atomic mass is 10.1. The van der Waals surface area contributed by atoms with Crippen molar-refractivity contribution in [2.45, 2.75) is 13.3 Å². The number of ether oxygens (including phenoxy) is 1. The zero-order valence-electron chi connectivity index (χ0n) is 15.6. The average Bonchev–Trinajstić information content (AvgIpc) is 3.09. The maximum Gasteiger partial charge on any atom is 0.341 e. The van der Waals surface area contributed by atoms with Crippen molar-refractivity contribution < 1.29 is 9.53 Å². The Kier molecular flexibility index (Phi) is 4.53. The molecule has 0 unspecified atom stereocenters. The number of aryl methyl sites for hydroxylation is 1. The van der Waals surface area contributed by atoms with Crippen LogP contribution in [0.4, 0.5) is 0 Å². The Balaban J connectivity index is 2.02. The van der Waals surface area contributed by atoms with Gasteiger partial charge >= 0.3 is 5.97 Å². The number of benzene rings is 2. The smallest absolute Gasteiger partial charge is 0.341 e. The fourth-order valence-electron chi connectivity index (χ4n) is 3.31. The summed E-state index contributed by atoms with van der Waals surface area (Å²) in [5.41, 5.74) is 3.30. The van der Waals surface area contributed by atoms with Gasteiger partial charge < -0.3 is 9.30 Å². The second kappa shape index (κ2) is 7.15. The molecule has 0 bridgehead atoms. The number of carbonyl (C=O) groups is 1. The number of carbonyl (C=O) groups excluding carboxylic acids is 1. The van der Waals surface area contributed by atoms with Crippen molar-refractivity contribution in [3.63, 3.8) is 0 Å². The minimum absolute atomic E-state index is 0.248. The van der Waals surface area contributed by atoms with Gasteiger partial charge in [0.15, 0.2) is 0 Å². The molecule has 0 amide bonds. The minimum Gasteiger partial charge on any atom is -0.465 e.